The topological polar surface area (TPSA) is 30.0 Å². The van der Waals surface area contributed by atoms with Crippen LogP contribution in [0.5, 0.6) is 5.75 Å². The zero-order valence-electron chi connectivity index (χ0n) is 23.0. The second-order valence-corrected chi connectivity index (χ2v) is 10.1. The van der Waals surface area contributed by atoms with Crippen molar-refractivity contribution in [3.63, 3.8) is 0 Å². The standard InChI is InChI=1S/C33H39N3O/c1-24-13-7-10-16-30(24)34(4)21-27-19-20-33(37)29(23-36(6)32-18-12-9-15-26(32)3)28(27)22-35(5)31-17-11-8-14-25(31)2/h7-20,37H,21-23H2,1-6H3. The van der Waals surface area contributed by atoms with E-state index in [0.717, 1.165) is 12.1 Å². The van der Waals surface area contributed by atoms with E-state index in [1.165, 1.54) is 44.9 Å². The van der Waals surface area contributed by atoms with Crippen LogP contribution in [0, 0.1) is 20.8 Å². The lowest BCUT2D eigenvalue weighted by Crippen LogP contribution is -2.25. The normalized spacial score (nSPS) is 10.9. The van der Waals surface area contributed by atoms with Crippen LogP contribution in [0.15, 0.2) is 84.9 Å². The fourth-order valence-electron chi connectivity index (χ4n) is 5.21. The number of phenols is 1. The molecule has 192 valence electrons. The number of rotatable bonds is 9. The molecule has 4 aromatic rings. The number of phenolic OH excluding ortho intramolecular Hbond substituents is 1. The van der Waals surface area contributed by atoms with Gasteiger partial charge in [-0.2, -0.15) is 0 Å². The SMILES string of the molecule is Cc1ccccc1N(C)Cc1ccc(O)c(CN(C)c2ccccc2C)c1CN(C)c1ccccc1C. The molecular formula is C33H39N3O. The molecule has 0 atom stereocenters. The van der Waals surface area contributed by atoms with Gasteiger partial charge in [0.05, 0.1) is 0 Å². The first-order chi connectivity index (χ1) is 17.8. The third-order valence-electron chi connectivity index (χ3n) is 7.28. The van der Waals surface area contributed by atoms with E-state index < -0.39 is 0 Å². The van der Waals surface area contributed by atoms with Crippen LogP contribution in [-0.2, 0) is 19.6 Å². The summed E-state index contributed by atoms with van der Waals surface area (Å²) >= 11 is 0. The zero-order chi connectivity index (χ0) is 26.5. The smallest absolute Gasteiger partial charge is 0.120 e. The Morgan fingerprint density at radius 1 is 0.486 bits per heavy atom. The largest absolute Gasteiger partial charge is 0.508 e. The minimum Gasteiger partial charge on any atom is -0.508 e. The molecule has 0 aromatic heterocycles. The number of hydrogen-bond acceptors (Lipinski definition) is 4. The number of nitrogens with zero attached hydrogens (tertiary/aromatic N) is 3. The molecule has 0 spiro atoms. The van der Waals surface area contributed by atoms with E-state index in [2.05, 4.69) is 135 Å². The summed E-state index contributed by atoms with van der Waals surface area (Å²) < 4.78 is 0. The van der Waals surface area contributed by atoms with Crippen LogP contribution in [0.2, 0.25) is 0 Å². The molecule has 4 nitrogen and oxygen atoms in total. The first-order valence-electron chi connectivity index (χ1n) is 12.9. The molecule has 4 rings (SSSR count). The van der Waals surface area contributed by atoms with Crippen molar-refractivity contribution in [2.75, 3.05) is 35.8 Å². The van der Waals surface area contributed by atoms with Crippen molar-refractivity contribution in [1.82, 2.24) is 0 Å². The summed E-state index contributed by atoms with van der Waals surface area (Å²) in [6.45, 7) is 8.50. The van der Waals surface area contributed by atoms with Crippen molar-refractivity contribution in [2.24, 2.45) is 0 Å². The molecule has 0 aliphatic heterocycles. The second kappa shape index (κ2) is 11.4. The van der Waals surface area contributed by atoms with Crippen LogP contribution in [0.1, 0.15) is 33.4 Å². The van der Waals surface area contributed by atoms with Crippen molar-refractivity contribution in [3.8, 4) is 5.75 Å². The highest BCUT2D eigenvalue weighted by Gasteiger charge is 2.19. The summed E-state index contributed by atoms with van der Waals surface area (Å²) in [5.41, 5.74) is 10.7. The van der Waals surface area contributed by atoms with E-state index in [4.69, 9.17) is 0 Å². The van der Waals surface area contributed by atoms with E-state index in [0.29, 0.717) is 18.8 Å². The van der Waals surface area contributed by atoms with Gasteiger partial charge in [-0.05, 0) is 72.9 Å². The maximum Gasteiger partial charge on any atom is 0.120 e. The van der Waals surface area contributed by atoms with Gasteiger partial charge in [-0.1, -0.05) is 60.7 Å². The zero-order valence-corrected chi connectivity index (χ0v) is 23.0. The molecule has 0 unspecified atom stereocenters. The quantitative estimate of drug-likeness (QED) is 0.266. The van der Waals surface area contributed by atoms with E-state index in [9.17, 15) is 5.11 Å². The van der Waals surface area contributed by atoms with Gasteiger partial charge in [-0.15, -0.1) is 0 Å². The minimum atomic E-state index is 0.343. The van der Waals surface area contributed by atoms with Gasteiger partial charge in [-0.25, -0.2) is 0 Å². The number of para-hydroxylation sites is 3. The first kappa shape index (κ1) is 26.2. The third kappa shape index (κ3) is 5.91. The van der Waals surface area contributed by atoms with Gasteiger partial charge in [0.25, 0.3) is 0 Å². The van der Waals surface area contributed by atoms with Crippen LogP contribution in [0.3, 0.4) is 0 Å². The summed E-state index contributed by atoms with van der Waals surface area (Å²) in [6.07, 6.45) is 0. The van der Waals surface area contributed by atoms with E-state index in [1.54, 1.807) is 0 Å². The number of aryl methyl sites for hydroxylation is 3. The Morgan fingerprint density at radius 2 is 0.865 bits per heavy atom. The highest BCUT2D eigenvalue weighted by atomic mass is 16.3. The summed E-state index contributed by atoms with van der Waals surface area (Å²) in [6, 6.07) is 29.3. The van der Waals surface area contributed by atoms with Gasteiger partial charge in [-0.3, -0.25) is 0 Å². The molecule has 0 aliphatic rings. The predicted molar refractivity (Wildman–Crippen MR) is 158 cm³/mol. The Hall–Kier alpha value is -3.92. The lowest BCUT2D eigenvalue weighted by Gasteiger charge is -2.30. The first-order valence-corrected chi connectivity index (χ1v) is 12.9. The monoisotopic (exact) mass is 493 g/mol. The minimum absolute atomic E-state index is 0.343. The molecule has 0 saturated carbocycles. The molecule has 0 amide bonds. The van der Waals surface area contributed by atoms with Gasteiger partial charge in [0.15, 0.2) is 0 Å². The van der Waals surface area contributed by atoms with E-state index in [1.807, 2.05) is 6.07 Å². The van der Waals surface area contributed by atoms with E-state index >= 15 is 0 Å². The molecule has 0 saturated heterocycles. The van der Waals surface area contributed by atoms with Crippen LogP contribution in [0.4, 0.5) is 17.1 Å². The summed E-state index contributed by atoms with van der Waals surface area (Å²) in [4.78, 5) is 6.82. The number of aromatic hydroxyl groups is 1. The summed E-state index contributed by atoms with van der Waals surface area (Å²) in [7, 11) is 6.38. The fraction of sp³-hybridized carbons (Fsp3) is 0.273. The van der Waals surface area contributed by atoms with Gasteiger partial charge in [0, 0.05) is 63.4 Å². The van der Waals surface area contributed by atoms with Gasteiger partial charge in [0.2, 0.25) is 0 Å². The molecule has 0 aliphatic carbocycles. The molecule has 37 heavy (non-hydrogen) atoms. The molecular weight excluding hydrogens is 454 g/mol. The van der Waals surface area contributed by atoms with Crippen LogP contribution >= 0.6 is 0 Å². The van der Waals surface area contributed by atoms with Crippen molar-refractivity contribution >= 4 is 17.1 Å². The highest BCUT2D eigenvalue weighted by Crippen LogP contribution is 2.32. The number of hydrogen-bond donors (Lipinski definition) is 1. The molecule has 0 heterocycles. The van der Waals surface area contributed by atoms with E-state index in [-0.39, 0.29) is 0 Å². The lowest BCUT2D eigenvalue weighted by atomic mass is 9.97. The van der Waals surface area contributed by atoms with Crippen molar-refractivity contribution in [2.45, 2.75) is 40.4 Å². The maximum atomic E-state index is 11.2. The lowest BCUT2D eigenvalue weighted by molar-refractivity contribution is 0.466. The molecule has 4 aromatic carbocycles. The van der Waals surface area contributed by atoms with Crippen LogP contribution in [-0.4, -0.2) is 26.2 Å². The number of benzene rings is 4. The molecule has 0 radical (unpaired) electrons. The average molecular weight is 494 g/mol. The third-order valence-corrected chi connectivity index (χ3v) is 7.28. The summed E-state index contributed by atoms with van der Waals surface area (Å²) in [5.74, 6) is 0.343. The Labute approximate surface area is 222 Å². The molecule has 0 bridgehead atoms. The van der Waals surface area contributed by atoms with Gasteiger partial charge >= 0.3 is 0 Å². The summed E-state index contributed by atoms with van der Waals surface area (Å²) in [5, 5.41) is 11.2. The number of anilines is 3. The predicted octanol–water partition coefficient (Wildman–Crippen LogP) is 7.23. The maximum absolute atomic E-state index is 11.2. The Bertz CT molecular complexity index is 1360. The van der Waals surface area contributed by atoms with Gasteiger partial charge in [0.1, 0.15) is 5.75 Å². The fourth-order valence-corrected chi connectivity index (χ4v) is 5.21. The van der Waals surface area contributed by atoms with Crippen LogP contribution < -0.4 is 14.7 Å². The Kier molecular flexibility index (Phi) is 8.08. The van der Waals surface area contributed by atoms with Gasteiger partial charge < -0.3 is 19.8 Å². The van der Waals surface area contributed by atoms with Crippen molar-refractivity contribution in [1.29, 1.82) is 0 Å². The van der Waals surface area contributed by atoms with Crippen molar-refractivity contribution < 1.29 is 5.11 Å². The second-order valence-electron chi connectivity index (χ2n) is 10.1. The Morgan fingerprint density at radius 3 is 1.30 bits per heavy atom. The molecule has 1 N–H and O–H groups in total. The highest BCUT2D eigenvalue weighted by molar-refractivity contribution is 5.58. The van der Waals surface area contributed by atoms with Crippen LogP contribution in [0.25, 0.3) is 0 Å². The van der Waals surface area contributed by atoms with Crippen molar-refractivity contribution in [3.05, 3.63) is 118 Å². The molecule has 0 fully saturated rings. The Balaban J connectivity index is 1.75. The average Bonchev–Trinajstić information content (AvgIpc) is 2.88. The molecule has 4 heteroatoms.